The number of hydrogen-bond acceptors (Lipinski definition) is 5. The first kappa shape index (κ1) is 17.5. The maximum Gasteiger partial charge on any atom is 0.339 e. The number of esters is 1. The summed E-state index contributed by atoms with van der Waals surface area (Å²) in [5.41, 5.74) is 2.57. The third-order valence-electron chi connectivity index (χ3n) is 3.85. The van der Waals surface area contributed by atoms with Crippen molar-refractivity contribution in [1.82, 2.24) is 4.98 Å². The highest BCUT2D eigenvalue weighted by Gasteiger charge is 2.07. The predicted molar refractivity (Wildman–Crippen MR) is 100 cm³/mol. The molecule has 0 amide bonds. The molecule has 5 heteroatoms. The van der Waals surface area contributed by atoms with Gasteiger partial charge in [-0.25, -0.2) is 9.78 Å². The number of aromatic nitrogens is 1. The number of ether oxygens (including phenoxy) is 2. The van der Waals surface area contributed by atoms with Crippen molar-refractivity contribution < 1.29 is 14.3 Å². The van der Waals surface area contributed by atoms with Gasteiger partial charge in [0.1, 0.15) is 18.2 Å². The van der Waals surface area contributed by atoms with Gasteiger partial charge < -0.3 is 14.8 Å². The molecule has 3 rings (SSSR count). The number of benzene rings is 2. The lowest BCUT2D eigenvalue weighted by Gasteiger charge is -2.12. The number of rotatable bonds is 7. The first-order valence-corrected chi connectivity index (χ1v) is 8.29. The number of hydrogen-bond donors (Lipinski definition) is 1. The molecule has 0 aliphatic carbocycles. The van der Waals surface area contributed by atoms with Crippen LogP contribution < -0.4 is 10.1 Å². The number of nitrogens with one attached hydrogen (secondary N) is 1. The standard InChI is InChI=1S/C21H20N2O3/c1-25-21(24)18-11-12-20(23-14-18)22-13-17-9-5-6-10-19(17)26-15-16-7-3-2-4-8-16/h2-12,14H,13,15H2,1H3,(H,22,23). The fourth-order valence-corrected chi connectivity index (χ4v) is 2.45. The van der Waals surface area contributed by atoms with Crippen LogP contribution in [-0.4, -0.2) is 18.1 Å². The van der Waals surface area contributed by atoms with Crippen LogP contribution in [-0.2, 0) is 17.9 Å². The summed E-state index contributed by atoms with van der Waals surface area (Å²) in [5, 5.41) is 3.24. The molecule has 132 valence electrons. The molecule has 0 aliphatic rings. The van der Waals surface area contributed by atoms with Gasteiger partial charge >= 0.3 is 5.97 Å². The summed E-state index contributed by atoms with van der Waals surface area (Å²) in [5.74, 6) is 1.11. The molecule has 0 bridgehead atoms. The summed E-state index contributed by atoms with van der Waals surface area (Å²) in [6, 6.07) is 21.4. The quantitative estimate of drug-likeness (QED) is 0.653. The van der Waals surface area contributed by atoms with Gasteiger partial charge in [0.05, 0.1) is 12.7 Å². The average molecular weight is 348 g/mol. The van der Waals surface area contributed by atoms with Gasteiger partial charge in [0.25, 0.3) is 0 Å². The summed E-state index contributed by atoms with van der Waals surface area (Å²) in [6.45, 7) is 1.08. The second-order valence-corrected chi connectivity index (χ2v) is 5.66. The Balaban J connectivity index is 1.62. The van der Waals surface area contributed by atoms with E-state index in [1.807, 2.05) is 54.6 Å². The minimum absolute atomic E-state index is 0.399. The van der Waals surface area contributed by atoms with E-state index in [9.17, 15) is 4.79 Å². The van der Waals surface area contributed by atoms with Crippen LogP contribution in [0.4, 0.5) is 5.82 Å². The highest BCUT2D eigenvalue weighted by atomic mass is 16.5. The lowest BCUT2D eigenvalue weighted by atomic mass is 10.2. The predicted octanol–water partition coefficient (Wildman–Crippen LogP) is 4.06. The molecule has 1 aromatic heterocycles. The average Bonchev–Trinajstić information content (AvgIpc) is 2.72. The van der Waals surface area contributed by atoms with E-state index in [-0.39, 0.29) is 0 Å². The van der Waals surface area contributed by atoms with Crippen molar-refractivity contribution in [2.75, 3.05) is 12.4 Å². The molecule has 26 heavy (non-hydrogen) atoms. The molecule has 0 radical (unpaired) electrons. The highest BCUT2D eigenvalue weighted by molar-refractivity contribution is 5.89. The molecule has 0 fully saturated rings. The van der Waals surface area contributed by atoms with Crippen LogP contribution in [0.15, 0.2) is 72.9 Å². The van der Waals surface area contributed by atoms with Gasteiger partial charge in [0, 0.05) is 18.3 Å². The van der Waals surface area contributed by atoms with Crippen molar-refractivity contribution in [3.05, 3.63) is 89.6 Å². The summed E-state index contributed by atoms with van der Waals surface area (Å²) in [7, 11) is 1.35. The third kappa shape index (κ3) is 4.60. The zero-order chi connectivity index (χ0) is 18.2. The van der Waals surface area contributed by atoms with Gasteiger partial charge in [-0.15, -0.1) is 0 Å². The monoisotopic (exact) mass is 348 g/mol. The number of nitrogens with zero attached hydrogens (tertiary/aromatic N) is 1. The molecule has 5 nitrogen and oxygen atoms in total. The normalized spacial score (nSPS) is 10.2. The number of carbonyl (C=O) groups is 1. The van der Waals surface area contributed by atoms with Gasteiger partial charge in [-0.1, -0.05) is 48.5 Å². The Morgan fingerprint density at radius 1 is 1.00 bits per heavy atom. The van der Waals surface area contributed by atoms with E-state index in [1.54, 1.807) is 12.1 Å². The van der Waals surface area contributed by atoms with Gasteiger partial charge in [-0.2, -0.15) is 0 Å². The number of carbonyl (C=O) groups excluding carboxylic acids is 1. The molecule has 0 atom stereocenters. The maximum absolute atomic E-state index is 11.4. The number of para-hydroxylation sites is 1. The lowest BCUT2D eigenvalue weighted by Crippen LogP contribution is -2.06. The lowest BCUT2D eigenvalue weighted by molar-refractivity contribution is 0.0600. The summed E-state index contributed by atoms with van der Waals surface area (Å²) in [4.78, 5) is 15.7. The van der Waals surface area contributed by atoms with Crippen molar-refractivity contribution in [3.8, 4) is 5.75 Å². The Morgan fingerprint density at radius 3 is 2.50 bits per heavy atom. The van der Waals surface area contributed by atoms with Crippen LogP contribution in [0.1, 0.15) is 21.5 Å². The Bertz CT molecular complexity index is 849. The van der Waals surface area contributed by atoms with Crippen LogP contribution in [0, 0.1) is 0 Å². The van der Waals surface area contributed by atoms with E-state index < -0.39 is 5.97 Å². The van der Waals surface area contributed by atoms with Crippen LogP contribution in [0.3, 0.4) is 0 Å². The van der Waals surface area contributed by atoms with E-state index in [1.165, 1.54) is 13.3 Å². The first-order valence-electron chi connectivity index (χ1n) is 8.29. The molecule has 1 N–H and O–H groups in total. The molecule has 1 heterocycles. The molecular weight excluding hydrogens is 328 g/mol. The van der Waals surface area contributed by atoms with Crippen LogP contribution in [0.25, 0.3) is 0 Å². The minimum atomic E-state index is -0.399. The topological polar surface area (TPSA) is 60.5 Å². The van der Waals surface area contributed by atoms with E-state index in [0.29, 0.717) is 24.5 Å². The van der Waals surface area contributed by atoms with Crippen molar-refractivity contribution in [3.63, 3.8) is 0 Å². The zero-order valence-corrected chi connectivity index (χ0v) is 14.5. The molecular formula is C21H20N2O3. The van der Waals surface area contributed by atoms with Gasteiger partial charge in [-0.3, -0.25) is 0 Å². The third-order valence-corrected chi connectivity index (χ3v) is 3.85. The van der Waals surface area contributed by atoms with Crippen molar-refractivity contribution in [1.29, 1.82) is 0 Å². The Morgan fingerprint density at radius 2 is 1.77 bits per heavy atom. The van der Waals surface area contributed by atoms with Crippen LogP contribution in [0.5, 0.6) is 5.75 Å². The fourth-order valence-electron chi connectivity index (χ4n) is 2.45. The first-order chi connectivity index (χ1) is 12.8. The van der Waals surface area contributed by atoms with Gasteiger partial charge in [0.15, 0.2) is 0 Å². The summed E-state index contributed by atoms with van der Waals surface area (Å²) >= 11 is 0. The maximum atomic E-state index is 11.4. The molecule has 0 unspecified atom stereocenters. The molecule has 0 saturated carbocycles. The summed E-state index contributed by atoms with van der Waals surface area (Å²) < 4.78 is 10.6. The molecule has 3 aromatic rings. The Hall–Kier alpha value is -3.34. The van der Waals surface area contributed by atoms with Gasteiger partial charge in [0.2, 0.25) is 0 Å². The van der Waals surface area contributed by atoms with Crippen LogP contribution in [0.2, 0.25) is 0 Å². The van der Waals surface area contributed by atoms with Crippen molar-refractivity contribution in [2.24, 2.45) is 0 Å². The molecule has 2 aromatic carbocycles. The van der Waals surface area contributed by atoms with E-state index in [2.05, 4.69) is 15.0 Å². The smallest absolute Gasteiger partial charge is 0.339 e. The zero-order valence-electron chi connectivity index (χ0n) is 14.5. The van der Waals surface area contributed by atoms with E-state index in [0.717, 1.165) is 16.9 Å². The fraction of sp³-hybridized carbons (Fsp3) is 0.143. The molecule has 0 saturated heterocycles. The largest absolute Gasteiger partial charge is 0.489 e. The number of pyridine rings is 1. The Kier molecular flexibility index (Phi) is 5.83. The van der Waals surface area contributed by atoms with Gasteiger partial charge in [-0.05, 0) is 23.8 Å². The molecule has 0 spiro atoms. The van der Waals surface area contributed by atoms with Crippen molar-refractivity contribution >= 4 is 11.8 Å². The van der Waals surface area contributed by atoms with Crippen LogP contribution >= 0.6 is 0 Å². The minimum Gasteiger partial charge on any atom is -0.489 e. The summed E-state index contributed by atoms with van der Waals surface area (Å²) in [6.07, 6.45) is 1.49. The van der Waals surface area contributed by atoms with E-state index >= 15 is 0 Å². The Labute approximate surface area is 152 Å². The molecule has 0 aliphatic heterocycles. The SMILES string of the molecule is COC(=O)c1ccc(NCc2ccccc2OCc2ccccc2)nc1. The number of anilines is 1. The highest BCUT2D eigenvalue weighted by Crippen LogP contribution is 2.20. The second kappa shape index (κ2) is 8.67. The van der Waals surface area contributed by atoms with E-state index in [4.69, 9.17) is 4.74 Å². The number of methoxy groups -OCH3 is 1. The van der Waals surface area contributed by atoms with Crippen molar-refractivity contribution in [2.45, 2.75) is 13.2 Å². The second-order valence-electron chi connectivity index (χ2n) is 5.66.